The van der Waals surface area contributed by atoms with Crippen LogP contribution in [0.4, 0.5) is 0 Å². The maximum absolute atomic E-state index is 11.2. The molecule has 0 radical (unpaired) electrons. The molecule has 1 aromatic heterocycles. The van der Waals surface area contributed by atoms with Gasteiger partial charge in [0, 0.05) is 17.6 Å². The van der Waals surface area contributed by atoms with Crippen molar-refractivity contribution < 1.29 is 12.8 Å². The summed E-state index contributed by atoms with van der Waals surface area (Å²) < 4.78 is 27.4. The SMILES string of the molecule is CS(=O)(=O)c1nnc(-c2ccc(CS)cc2)o1. The molecule has 90 valence electrons. The van der Waals surface area contributed by atoms with Gasteiger partial charge in [-0.1, -0.05) is 17.2 Å². The van der Waals surface area contributed by atoms with Crippen LogP contribution in [-0.4, -0.2) is 24.9 Å². The molecule has 0 unspecified atom stereocenters. The lowest BCUT2D eigenvalue weighted by Crippen LogP contribution is -1.96. The van der Waals surface area contributed by atoms with Crippen molar-refractivity contribution in [2.24, 2.45) is 0 Å². The molecule has 2 aromatic rings. The normalized spacial score (nSPS) is 11.6. The Balaban J connectivity index is 2.37. The van der Waals surface area contributed by atoms with Crippen molar-refractivity contribution in [2.75, 3.05) is 6.26 Å². The van der Waals surface area contributed by atoms with Crippen LogP contribution in [-0.2, 0) is 15.6 Å². The molecule has 0 atom stereocenters. The minimum absolute atomic E-state index is 0.191. The van der Waals surface area contributed by atoms with Crippen LogP contribution < -0.4 is 0 Å². The highest BCUT2D eigenvalue weighted by Gasteiger charge is 2.17. The van der Waals surface area contributed by atoms with Crippen molar-refractivity contribution in [2.45, 2.75) is 11.0 Å². The van der Waals surface area contributed by atoms with E-state index >= 15 is 0 Å². The standard InChI is InChI=1S/C10H10N2O3S2/c1-17(13,14)10-12-11-9(15-10)8-4-2-7(6-16)3-5-8/h2-5,16H,6H2,1H3. The van der Waals surface area contributed by atoms with Gasteiger partial charge in [0.25, 0.3) is 0 Å². The van der Waals surface area contributed by atoms with Gasteiger partial charge in [-0.05, 0) is 17.7 Å². The molecule has 2 rings (SSSR count). The average molecular weight is 270 g/mol. The van der Waals surface area contributed by atoms with Crippen LogP contribution >= 0.6 is 12.6 Å². The molecular weight excluding hydrogens is 260 g/mol. The fraction of sp³-hybridized carbons (Fsp3) is 0.200. The van der Waals surface area contributed by atoms with Gasteiger partial charge in [0.05, 0.1) is 0 Å². The van der Waals surface area contributed by atoms with Crippen molar-refractivity contribution in [3.05, 3.63) is 29.8 Å². The third kappa shape index (κ3) is 2.67. The number of rotatable bonds is 3. The molecule has 0 saturated heterocycles. The fourth-order valence-corrected chi connectivity index (χ4v) is 1.86. The lowest BCUT2D eigenvalue weighted by Gasteiger charge is -1.97. The molecular formula is C10H10N2O3S2. The van der Waals surface area contributed by atoms with Crippen LogP contribution in [0.3, 0.4) is 0 Å². The fourth-order valence-electron chi connectivity index (χ4n) is 1.23. The van der Waals surface area contributed by atoms with E-state index in [1.165, 1.54) is 0 Å². The Morgan fingerprint density at radius 2 is 1.88 bits per heavy atom. The van der Waals surface area contributed by atoms with E-state index in [-0.39, 0.29) is 11.1 Å². The summed E-state index contributed by atoms with van der Waals surface area (Å²) in [5.74, 6) is 0.828. The lowest BCUT2D eigenvalue weighted by molar-refractivity contribution is 0.442. The third-order valence-electron chi connectivity index (χ3n) is 2.11. The Bertz CT molecular complexity index is 617. The summed E-state index contributed by atoms with van der Waals surface area (Å²) in [6.07, 6.45) is 1.02. The number of hydrogen-bond acceptors (Lipinski definition) is 6. The van der Waals surface area contributed by atoms with E-state index in [0.717, 1.165) is 11.8 Å². The van der Waals surface area contributed by atoms with E-state index in [2.05, 4.69) is 22.8 Å². The van der Waals surface area contributed by atoms with Crippen molar-refractivity contribution in [1.82, 2.24) is 10.2 Å². The first-order valence-electron chi connectivity index (χ1n) is 4.74. The van der Waals surface area contributed by atoms with Crippen LogP contribution in [0.1, 0.15) is 5.56 Å². The first kappa shape index (κ1) is 12.1. The summed E-state index contributed by atoms with van der Waals surface area (Å²) in [7, 11) is -3.46. The maximum atomic E-state index is 11.2. The summed E-state index contributed by atoms with van der Waals surface area (Å²) in [6, 6.07) is 7.30. The largest absolute Gasteiger partial charge is 0.408 e. The van der Waals surface area contributed by atoms with Gasteiger partial charge in [0.15, 0.2) is 0 Å². The molecule has 0 aliphatic rings. The Morgan fingerprint density at radius 3 is 2.35 bits per heavy atom. The van der Waals surface area contributed by atoms with Gasteiger partial charge in [-0.15, -0.1) is 5.10 Å². The molecule has 1 aromatic carbocycles. The Labute approximate surface area is 104 Å². The molecule has 1 heterocycles. The summed E-state index contributed by atoms with van der Waals surface area (Å²) in [5, 5.41) is 6.81. The van der Waals surface area contributed by atoms with Gasteiger partial charge in [-0.25, -0.2) is 8.42 Å². The first-order chi connectivity index (χ1) is 8.00. The van der Waals surface area contributed by atoms with Gasteiger partial charge >= 0.3 is 5.22 Å². The lowest BCUT2D eigenvalue weighted by atomic mass is 10.1. The van der Waals surface area contributed by atoms with E-state index in [1.54, 1.807) is 12.1 Å². The van der Waals surface area contributed by atoms with E-state index in [4.69, 9.17) is 4.42 Å². The molecule has 0 aliphatic carbocycles. The van der Waals surface area contributed by atoms with Crippen molar-refractivity contribution in [3.8, 4) is 11.5 Å². The monoisotopic (exact) mass is 270 g/mol. The van der Waals surface area contributed by atoms with Crippen LogP contribution in [0.25, 0.3) is 11.5 Å². The number of thiol groups is 1. The number of benzene rings is 1. The minimum atomic E-state index is -3.46. The second-order valence-corrected chi connectivity index (χ2v) is 5.71. The smallest absolute Gasteiger partial charge is 0.335 e. The Hall–Kier alpha value is -1.34. The first-order valence-corrected chi connectivity index (χ1v) is 7.27. The topological polar surface area (TPSA) is 73.1 Å². The van der Waals surface area contributed by atoms with Crippen LogP contribution in [0, 0.1) is 0 Å². The van der Waals surface area contributed by atoms with E-state index in [1.807, 2.05) is 12.1 Å². The van der Waals surface area contributed by atoms with E-state index in [0.29, 0.717) is 11.3 Å². The highest BCUT2D eigenvalue weighted by atomic mass is 32.2. The van der Waals surface area contributed by atoms with Gasteiger partial charge in [-0.3, -0.25) is 0 Å². The average Bonchev–Trinajstić information content (AvgIpc) is 2.78. The highest BCUT2D eigenvalue weighted by Crippen LogP contribution is 2.20. The Morgan fingerprint density at radius 1 is 1.24 bits per heavy atom. The molecule has 0 N–H and O–H groups in total. The molecule has 0 saturated carbocycles. The molecule has 0 aliphatic heterocycles. The zero-order valence-electron chi connectivity index (χ0n) is 8.99. The van der Waals surface area contributed by atoms with Crippen LogP contribution in [0.5, 0.6) is 0 Å². The third-order valence-corrected chi connectivity index (χ3v) is 3.27. The summed E-state index contributed by atoms with van der Waals surface area (Å²) in [4.78, 5) is 0. The number of nitrogens with zero attached hydrogens (tertiary/aromatic N) is 2. The molecule has 0 amide bonds. The zero-order valence-corrected chi connectivity index (χ0v) is 10.7. The number of sulfone groups is 1. The summed E-state index contributed by atoms with van der Waals surface area (Å²) in [6.45, 7) is 0. The molecule has 5 nitrogen and oxygen atoms in total. The Kier molecular flexibility index (Phi) is 3.21. The van der Waals surface area contributed by atoms with Crippen molar-refractivity contribution >= 4 is 22.5 Å². The predicted molar refractivity (Wildman–Crippen MR) is 65.5 cm³/mol. The second-order valence-electron chi connectivity index (χ2n) is 3.50. The van der Waals surface area contributed by atoms with E-state index < -0.39 is 9.84 Å². The van der Waals surface area contributed by atoms with Crippen LogP contribution in [0.2, 0.25) is 0 Å². The van der Waals surface area contributed by atoms with Crippen molar-refractivity contribution in [3.63, 3.8) is 0 Å². The van der Waals surface area contributed by atoms with Gasteiger partial charge in [-0.2, -0.15) is 12.6 Å². The zero-order chi connectivity index (χ0) is 12.5. The maximum Gasteiger partial charge on any atom is 0.335 e. The number of aromatic nitrogens is 2. The van der Waals surface area contributed by atoms with Gasteiger partial charge < -0.3 is 4.42 Å². The second kappa shape index (κ2) is 4.50. The molecule has 17 heavy (non-hydrogen) atoms. The quantitative estimate of drug-likeness (QED) is 0.857. The molecule has 0 fully saturated rings. The molecule has 0 spiro atoms. The predicted octanol–water partition coefficient (Wildman–Crippen LogP) is 1.57. The minimum Gasteiger partial charge on any atom is -0.408 e. The van der Waals surface area contributed by atoms with Crippen LogP contribution in [0.15, 0.2) is 33.9 Å². The molecule has 7 heteroatoms. The summed E-state index contributed by atoms with van der Waals surface area (Å²) in [5.41, 5.74) is 1.73. The molecule has 0 bridgehead atoms. The van der Waals surface area contributed by atoms with Gasteiger partial charge in [0.2, 0.25) is 15.7 Å². The van der Waals surface area contributed by atoms with Gasteiger partial charge in [0.1, 0.15) is 0 Å². The number of hydrogen-bond donors (Lipinski definition) is 1. The van der Waals surface area contributed by atoms with E-state index in [9.17, 15) is 8.42 Å². The summed E-state index contributed by atoms with van der Waals surface area (Å²) >= 11 is 4.14. The van der Waals surface area contributed by atoms with Crippen molar-refractivity contribution in [1.29, 1.82) is 0 Å². The highest BCUT2D eigenvalue weighted by molar-refractivity contribution is 7.90.